The van der Waals surface area contributed by atoms with Crippen molar-refractivity contribution in [1.29, 1.82) is 0 Å². The Bertz CT molecular complexity index is 693. The van der Waals surface area contributed by atoms with Crippen LogP contribution >= 0.6 is 34.0 Å². The van der Waals surface area contributed by atoms with Gasteiger partial charge in [0.1, 0.15) is 0 Å². The molecule has 0 N–H and O–H groups in total. The van der Waals surface area contributed by atoms with Crippen LogP contribution in [0.25, 0.3) is 0 Å². The summed E-state index contributed by atoms with van der Waals surface area (Å²) >= 11 is -2.36. The second kappa shape index (κ2) is 11.7. The van der Waals surface area contributed by atoms with E-state index in [0.717, 1.165) is 17.2 Å². The molecule has 3 rings (SSSR count). The van der Waals surface area contributed by atoms with E-state index in [1.54, 1.807) is 21.3 Å². The van der Waals surface area contributed by atoms with Crippen LogP contribution in [0.3, 0.4) is 0 Å². The molecule has 0 aliphatic rings. The van der Waals surface area contributed by atoms with Crippen molar-refractivity contribution in [1.82, 2.24) is 0 Å². The Morgan fingerprint density at radius 3 is 0.852 bits per heavy atom. The Morgan fingerprint density at radius 2 is 0.667 bits per heavy atom. The minimum absolute atomic E-state index is 0. The zero-order valence-corrected chi connectivity index (χ0v) is 22.3. The molecule has 0 fully saturated rings. The predicted octanol–water partition coefficient (Wildman–Crippen LogP) is 3.38. The number of ether oxygens (including phenoxy) is 3. The Morgan fingerprint density at radius 1 is 0.444 bits per heavy atom. The van der Waals surface area contributed by atoms with Gasteiger partial charge >= 0.3 is 157 Å². The van der Waals surface area contributed by atoms with Crippen molar-refractivity contribution in [3.63, 3.8) is 0 Å². The normalized spacial score (nSPS) is 9.78. The zero-order chi connectivity index (χ0) is 17.6. The van der Waals surface area contributed by atoms with Crippen molar-refractivity contribution in [3.8, 4) is 17.2 Å². The SMILES string of the molecule is Br.Br.COc1cc[c]([Bi]([c]2ccc(OC)cc2)[c]2ccc(OC)cc2)cc1. The molecule has 0 atom stereocenters. The summed E-state index contributed by atoms with van der Waals surface area (Å²) in [6.45, 7) is 0. The van der Waals surface area contributed by atoms with E-state index in [4.69, 9.17) is 14.2 Å². The summed E-state index contributed by atoms with van der Waals surface area (Å²) < 4.78 is 20.2. The van der Waals surface area contributed by atoms with Crippen LogP contribution in [0.4, 0.5) is 0 Å². The Hall–Kier alpha value is -1.10. The fraction of sp³-hybridized carbons (Fsp3) is 0.143. The summed E-state index contributed by atoms with van der Waals surface area (Å²) in [5.41, 5.74) is 0. The molecule has 0 heterocycles. The van der Waals surface area contributed by atoms with Crippen LogP contribution < -0.4 is 24.0 Å². The van der Waals surface area contributed by atoms with E-state index < -0.39 is 21.8 Å². The van der Waals surface area contributed by atoms with Gasteiger partial charge in [-0.25, -0.2) is 0 Å². The molecule has 144 valence electrons. The van der Waals surface area contributed by atoms with Gasteiger partial charge in [0.15, 0.2) is 0 Å². The molecule has 3 nitrogen and oxygen atoms in total. The van der Waals surface area contributed by atoms with Gasteiger partial charge < -0.3 is 0 Å². The number of halogens is 2. The zero-order valence-electron chi connectivity index (χ0n) is 15.4. The first-order chi connectivity index (χ1) is 12.2. The molecule has 0 aromatic heterocycles. The van der Waals surface area contributed by atoms with Gasteiger partial charge in [-0.05, 0) is 0 Å². The van der Waals surface area contributed by atoms with Crippen molar-refractivity contribution in [3.05, 3.63) is 72.8 Å². The van der Waals surface area contributed by atoms with Gasteiger partial charge in [-0.1, -0.05) is 0 Å². The van der Waals surface area contributed by atoms with Crippen LogP contribution in [0.5, 0.6) is 17.2 Å². The second-order valence-electron chi connectivity index (χ2n) is 5.43. The quantitative estimate of drug-likeness (QED) is 0.372. The maximum atomic E-state index is 5.31. The molecule has 6 heteroatoms. The van der Waals surface area contributed by atoms with Crippen LogP contribution in [-0.2, 0) is 0 Å². The second-order valence-corrected chi connectivity index (χ2v) is 14.1. The number of hydrogen-bond donors (Lipinski definition) is 0. The van der Waals surface area contributed by atoms with Gasteiger partial charge in [0.05, 0.1) is 0 Å². The van der Waals surface area contributed by atoms with Crippen LogP contribution in [0.2, 0.25) is 0 Å². The van der Waals surface area contributed by atoms with Crippen LogP contribution in [0, 0.1) is 0 Å². The third-order valence-corrected chi connectivity index (χ3v) is 13.5. The summed E-state index contributed by atoms with van der Waals surface area (Å²) in [4.78, 5) is 0. The van der Waals surface area contributed by atoms with Crippen molar-refractivity contribution < 1.29 is 14.2 Å². The average molecular weight is 692 g/mol. The van der Waals surface area contributed by atoms with Gasteiger partial charge in [-0.3, -0.25) is 0 Å². The molecule has 0 bridgehead atoms. The molecule has 0 radical (unpaired) electrons. The van der Waals surface area contributed by atoms with Crippen molar-refractivity contribution in [2.24, 2.45) is 0 Å². The van der Waals surface area contributed by atoms with Gasteiger partial charge in [0, 0.05) is 0 Å². The monoisotopic (exact) mass is 690 g/mol. The molecule has 0 aliphatic heterocycles. The number of benzene rings is 3. The standard InChI is InChI=1S/3C7H7O.Bi.2BrH/c3*1-8-7-5-3-2-4-6-7;;;/h3*3-6H,1H3;;2*1H. The fourth-order valence-electron chi connectivity index (χ4n) is 2.64. The molecule has 3 aromatic carbocycles. The van der Waals surface area contributed by atoms with E-state index in [1.807, 2.05) is 36.4 Å². The van der Waals surface area contributed by atoms with Gasteiger partial charge in [-0.15, -0.1) is 34.0 Å². The first kappa shape index (κ1) is 23.9. The molecule has 0 saturated heterocycles. The van der Waals surface area contributed by atoms with Crippen LogP contribution in [-0.4, -0.2) is 43.1 Å². The van der Waals surface area contributed by atoms with Gasteiger partial charge in [-0.2, -0.15) is 0 Å². The predicted molar refractivity (Wildman–Crippen MR) is 124 cm³/mol. The molecule has 0 unspecified atom stereocenters. The van der Waals surface area contributed by atoms with Crippen LogP contribution in [0.1, 0.15) is 0 Å². The van der Waals surface area contributed by atoms with Crippen molar-refractivity contribution >= 4 is 65.5 Å². The third kappa shape index (κ3) is 5.94. The summed E-state index contributed by atoms with van der Waals surface area (Å²) in [6.07, 6.45) is 0. The summed E-state index contributed by atoms with van der Waals surface area (Å²) in [7, 11) is 5.09. The average Bonchev–Trinajstić information content (AvgIpc) is 2.70. The maximum absolute atomic E-state index is 5.31. The Balaban J connectivity index is 0.00000182. The topological polar surface area (TPSA) is 27.7 Å². The van der Waals surface area contributed by atoms with E-state index in [1.165, 1.54) is 9.81 Å². The molecule has 27 heavy (non-hydrogen) atoms. The molecule has 0 saturated carbocycles. The fourth-order valence-corrected chi connectivity index (χ4v) is 11.3. The van der Waals surface area contributed by atoms with Crippen molar-refractivity contribution in [2.45, 2.75) is 0 Å². The van der Waals surface area contributed by atoms with E-state index in [-0.39, 0.29) is 34.0 Å². The van der Waals surface area contributed by atoms with E-state index in [2.05, 4.69) is 36.4 Å². The van der Waals surface area contributed by atoms with E-state index >= 15 is 0 Å². The number of rotatable bonds is 6. The molecule has 0 aliphatic carbocycles. The summed E-state index contributed by atoms with van der Waals surface area (Å²) in [5, 5.41) is 0. The molecular formula is C21H23BiBr2O3. The molecule has 3 aromatic rings. The number of hydrogen-bond acceptors (Lipinski definition) is 3. The number of methoxy groups -OCH3 is 3. The molecular weight excluding hydrogens is 669 g/mol. The Labute approximate surface area is 189 Å². The Kier molecular flexibility index (Phi) is 10.4. The molecule has 0 spiro atoms. The first-order valence-corrected chi connectivity index (χ1v) is 13.2. The van der Waals surface area contributed by atoms with Gasteiger partial charge in [0.25, 0.3) is 0 Å². The van der Waals surface area contributed by atoms with Crippen molar-refractivity contribution in [2.75, 3.05) is 21.3 Å². The van der Waals surface area contributed by atoms with Gasteiger partial charge in [0.2, 0.25) is 0 Å². The summed E-state index contributed by atoms with van der Waals surface area (Å²) in [6, 6.07) is 25.5. The third-order valence-electron chi connectivity index (χ3n) is 3.99. The molecule has 0 amide bonds. The summed E-state index contributed by atoms with van der Waals surface area (Å²) in [5.74, 6) is 2.66. The first-order valence-electron chi connectivity index (χ1n) is 7.97. The van der Waals surface area contributed by atoms with E-state index in [0.29, 0.717) is 0 Å². The minimum atomic E-state index is -2.36. The van der Waals surface area contributed by atoms with E-state index in [9.17, 15) is 0 Å². The van der Waals surface area contributed by atoms with Crippen LogP contribution in [0.15, 0.2) is 72.8 Å².